The van der Waals surface area contributed by atoms with Crippen molar-refractivity contribution in [3.8, 4) is 0 Å². The molecule has 2 aromatic rings. The average molecular weight is 352 g/mol. The Hall–Kier alpha value is -2.15. The number of carbonyl (C=O) groups is 2. The normalized spacial score (nSPS) is 10.4. The number of aryl methyl sites for hydroxylation is 2. The Morgan fingerprint density at radius 1 is 1.38 bits per heavy atom. The molecule has 0 unspecified atom stereocenters. The molecule has 0 aliphatic heterocycles. The van der Waals surface area contributed by atoms with Gasteiger partial charge in [-0.2, -0.15) is 5.10 Å². The minimum absolute atomic E-state index is 0.115. The van der Waals surface area contributed by atoms with Crippen molar-refractivity contribution in [2.24, 2.45) is 0 Å². The number of aromatic carboxylic acids is 1. The molecule has 0 saturated carbocycles. The van der Waals surface area contributed by atoms with Gasteiger partial charge in [-0.05, 0) is 48.0 Å². The molecule has 0 bridgehead atoms. The van der Waals surface area contributed by atoms with Gasteiger partial charge in [0.2, 0.25) is 5.91 Å². The van der Waals surface area contributed by atoms with Gasteiger partial charge in [0.05, 0.1) is 23.4 Å². The molecule has 1 amide bonds. The molecule has 7 heteroatoms. The molecule has 1 aromatic heterocycles. The van der Waals surface area contributed by atoms with Crippen LogP contribution in [-0.2, 0) is 11.2 Å². The number of carboxylic acid groups (broad SMARTS) is 1. The van der Waals surface area contributed by atoms with E-state index >= 15 is 0 Å². The standard InChI is InChI=1S/C14H14BrN3O3/c1-7-10(8(2)18-17-7)6-13(19)16-12-5-9(14(20)21)3-4-11(12)15/h3-5H,6H2,1-2H3,(H,16,19)(H,17,18)(H,20,21). The highest BCUT2D eigenvalue weighted by molar-refractivity contribution is 9.10. The topological polar surface area (TPSA) is 95.1 Å². The maximum absolute atomic E-state index is 12.1. The molecule has 0 radical (unpaired) electrons. The predicted octanol–water partition coefficient (Wildman–Crippen LogP) is 2.67. The van der Waals surface area contributed by atoms with Crippen LogP contribution in [0.3, 0.4) is 0 Å². The summed E-state index contributed by atoms with van der Waals surface area (Å²) in [6.45, 7) is 3.68. The Kier molecular flexibility index (Phi) is 4.42. The predicted molar refractivity (Wildman–Crippen MR) is 81.5 cm³/mol. The van der Waals surface area contributed by atoms with E-state index in [2.05, 4.69) is 31.4 Å². The maximum atomic E-state index is 12.1. The number of hydrogen-bond acceptors (Lipinski definition) is 3. The first kappa shape index (κ1) is 15.2. The fourth-order valence-electron chi connectivity index (χ4n) is 1.94. The van der Waals surface area contributed by atoms with Crippen molar-refractivity contribution in [1.82, 2.24) is 10.2 Å². The summed E-state index contributed by atoms with van der Waals surface area (Å²) in [6, 6.07) is 4.47. The third-order valence-corrected chi connectivity index (χ3v) is 3.80. The third kappa shape index (κ3) is 3.49. The molecule has 1 aromatic carbocycles. The minimum Gasteiger partial charge on any atom is -0.478 e. The van der Waals surface area contributed by atoms with Crippen LogP contribution >= 0.6 is 15.9 Å². The van der Waals surface area contributed by atoms with Crippen molar-refractivity contribution in [2.75, 3.05) is 5.32 Å². The largest absolute Gasteiger partial charge is 0.478 e. The quantitative estimate of drug-likeness (QED) is 0.788. The SMILES string of the molecule is Cc1n[nH]c(C)c1CC(=O)Nc1cc(C(=O)O)ccc1Br. The van der Waals surface area contributed by atoms with Crippen LogP contribution in [0.15, 0.2) is 22.7 Å². The molecule has 1 heterocycles. The molecule has 0 atom stereocenters. The Morgan fingerprint density at radius 2 is 2.10 bits per heavy atom. The van der Waals surface area contributed by atoms with Gasteiger partial charge in [-0.1, -0.05) is 0 Å². The third-order valence-electron chi connectivity index (χ3n) is 3.11. The van der Waals surface area contributed by atoms with Crippen molar-refractivity contribution in [3.63, 3.8) is 0 Å². The van der Waals surface area contributed by atoms with Crippen LogP contribution in [0.4, 0.5) is 5.69 Å². The number of amides is 1. The van der Waals surface area contributed by atoms with Crippen LogP contribution in [-0.4, -0.2) is 27.2 Å². The molecule has 110 valence electrons. The number of carboxylic acids is 1. The van der Waals surface area contributed by atoms with E-state index in [4.69, 9.17) is 5.11 Å². The number of hydrogen-bond donors (Lipinski definition) is 3. The van der Waals surface area contributed by atoms with Crippen molar-refractivity contribution < 1.29 is 14.7 Å². The van der Waals surface area contributed by atoms with E-state index in [1.165, 1.54) is 12.1 Å². The number of benzene rings is 1. The van der Waals surface area contributed by atoms with Crippen LogP contribution in [0, 0.1) is 13.8 Å². The summed E-state index contributed by atoms with van der Waals surface area (Å²) in [6.07, 6.45) is 0.178. The van der Waals surface area contributed by atoms with E-state index in [0.717, 1.165) is 17.0 Å². The molecule has 21 heavy (non-hydrogen) atoms. The van der Waals surface area contributed by atoms with Gasteiger partial charge in [0.1, 0.15) is 0 Å². The van der Waals surface area contributed by atoms with Crippen molar-refractivity contribution in [3.05, 3.63) is 45.2 Å². The summed E-state index contributed by atoms with van der Waals surface area (Å²) >= 11 is 3.29. The summed E-state index contributed by atoms with van der Waals surface area (Å²) in [7, 11) is 0. The first-order valence-electron chi connectivity index (χ1n) is 6.21. The van der Waals surface area contributed by atoms with Crippen molar-refractivity contribution >= 4 is 33.5 Å². The van der Waals surface area contributed by atoms with Gasteiger partial charge in [0.15, 0.2) is 0 Å². The molecule has 0 saturated heterocycles. The summed E-state index contributed by atoms with van der Waals surface area (Å²) in [4.78, 5) is 23.1. The zero-order chi connectivity index (χ0) is 15.6. The van der Waals surface area contributed by atoms with Crippen LogP contribution in [0.2, 0.25) is 0 Å². The lowest BCUT2D eigenvalue weighted by molar-refractivity contribution is -0.115. The lowest BCUT2D eigenvalue weighted by Gasteiger charge is -2.08. The van der Waals surface area contributed by atoms with Gasteiger partial charge >= 0.3 is 5.97 Å². The number of aromatic amines is 1. The molecular weight excluding hydrogens is 338 g/mol. The molecule has 2 rings (SSSR count). The van der Waals surface area contributed by atoms with E-state index in [9.17, 15) is 9.59 Å². The van der Waals surface area contributed by atoms with Crippen molar-refractivity contribution in [2.45, 2.75) is 20.3 Å². The molecule has 0 fully saturated rings. The average Bonchev–Trinajstić information content (AvgIpc) is 2.73. The number of anilines is 1. The number of carbonyl (C=O) groups excluding carboxylic acids is 1. The molecule has 0 spiro atoms. The van der Waals surface area contributed by atoms with E-state index in [0.29, 0.717) is 10.2 Å². The highest BCUT2D eigenvalue weighted by atomic mass is 79.9. The van der Waals surface area contributed by atoms with Crippen LogP contribution in [0.1, 0.15) is 27.3 Å². The molecule has 3 N–H and O–H groups in total. The zero-order valence-electron chi connectivity index (χ0n) is 11.5. The summed E-state index contributed by atoms with van der Waals surface area (Å²) in [5.41, 5.74) is 3.02. The smallest absolute Gasteiger partial charge is 0.335 e. The first-order valence-corrected chi connectivity index (χ1v) is 7.01. The van der Waals surface area contributed by atoms with E-state index in [1.807, 2.05) is 13.8 Å². The summed E-state index contributed by atoms with van der Waals surface area (Å²) in [5, 5.41) is 18.5. The zero-order valence-corrected chi connectivity index (χ0v) is 13.1. The minimum atomic E-state index is -1.04. The molecule has 0 aliphatic carbocycles. The lowest BCUT2D eigenvalue weighted by atomic mass is 10.1. The fourth-order valence-corrected chi connectivity index (χ4v) is 2.29. The van der Waals surface area contributed by atoms with Gasteiger partial charge in [-0.3, -0.25) is 9.89 Å². The monoisotopic (exact) mass is 351 g/mol. The Bertz CT molecular complexity index is 690. The van der Waals surface area contributed by atoms with Gasteiger partial charge in [0.25, 0.3) is 0 Å². The fraction of sp³-hybridized carbons (Fsp3) is 0.214. The van der Waals surface area contributed by atoms with Crippen LogP contribution in [0.25, 0.3) is 0 Å². The number of nitrogens with one attached hydrogen (secondary N) is 2. The lowest BCUT2D eigenvalue weighted by Crippen LogP contribution is -2.16. The number of halogens is 1. The van der Waals surface area contributed by atoms with Crippen LogP contribution in [0.5, 0.6) is 0 Å². The van der Waals surface area contributed by atoms with Gasteiger partial charge in [0, 0.05) is 15.7 Å². The Morgan fingerprint density at radius 3 is 2.67 bits per heavy atom. The Labute approximate surface area is 129 Å². The van der Waals surface area contributed by atoms with E-state index in [1.54, 1.807) is 6.07 Å². The number of nitrogens with zero attached hydrogens (tertiary/aromatic N) is 1. The number of rotatable bonds is 4. The molecule has 0 aliphatic rings. The summed E-state index contributed by atoms with van der Waals surface area (Å²) in [5.74, 6) is -1.27. The summed E-state index contributed by atoms with van der Waals surface area (Å²) < 4.78 is 0.626. The molecular formula is C14H14BrN3O3. The Balaban J connectivity index is 2.16. The van der Waals surface area contributed by atoms with Crippen LogP contribution < -0.4 is 5.32 Å². The number of aromatic nitrogens is 2. The second-order valence-electron chi connectivity index (χ2n) is 4.64. The van der Waals surface area contributed by atoms with Gasteiger partial charge in [-0.15, -0.1) is 0 Å². The second kappa shape index (κ2) is 6.09. The van der Waals surface area contributed by atoms with Crippen molar-refractivity contribution in [1.29, 1.82) is 0 Å². The number of H-pyrrole nitrogens is 1. The van der Waals surface area contributed by atoms with Gasteiger partial charge < -0.3 is 10.4 Å². The highest BCUT2D eigenvalue weighted by Crippen LogP contribution is 2.24. The van der Waals surface area contributed by atoms with E-state index in [-0.39, 0.29) is 17.9 Å². The van der Waals surface area contributed by atoms with Gasteiger partial charge in [-0.25, -0.2) is 4.79 Å². The molecule has 6 nitrogen and oxygen atoms in total. The van der Waals surface area contributed by atoms with E-state index < -0.39 is 5.97 Å². The maximum Gasteiger partial charge on any atom is 0.335 e. The second-order valence-corrected chi connectivity index (χ2v) is 5.49. The first-order chi connectivity index (χ1) is 9.88. The highest BCUT2D eigenvalue weighted by Gasteiger charge is 2.14.